The van der Waals surface area contributed by atoms with Gasteiger partial charge in [0.2, 0.25) is 5.91 Å². The molecule has 1 atom stereocenters. The summed E-state index contributed by atoms with van der Waals surface area (Å²) in [4.78, 5) is 30.0. The van der Waals surface area contributed by atoms with Crippen molar-refractivity contribution in [2.24, 2.45) is 11.7 Å². The van der Waals surface area contributed by atoms with Gasteiger partial charge in [-0.25, -0.2) is 4.79 Å². The van der Waals surface area contributed by atoms with Crippen LogP contribution in [0, 0.1) is 5.92 Å². The molecule has 1 aliphatic rings. The number of hydrogen-bond acceptors (Lipinski definition) is 3. The predicted molar refractivity (Wildman–Crippen MR) is 83.9 cm³/mol. The molecule has 0 spiro atoms. The van der Waals surface area contributed by atoms with E-state index in [1.54, 1.807) is 0 Å². The van der Waals surface area contributed by atoms with Gasteiger partial charge in [0.05, 0.1) is 0 Å². The standard InChI is InChI=1S/C15H30N4O2/c1-4-13(12-16)11-14(20)18-7-9-19(10-8-18)15(21)17(5-2)6-3/h13H,4-12,16H2,1-3H3. The van der Waals surface area contributed by atoms with Gasteiger partial charge >= 0.3 is 6.03 Å². The summed E-state index contributed by atoms with van der Waals surface area (Å²) >= 11 is 0. The topological polar surface area (TPSA) is 69.9 Å². The van der Waals surface area contributed by atoms with Gasteiger partial charge in [0.1, 0.15) is 0 Å². The Morgan fingerprint density at radius 2 is 1.57 bits per heavy atom. The van der Waals surface area contributed by atoms with Crippen molar-refractivity contribution in [1.82, 2.24) is 14.7 Å². The molecule has 0 aromatic heterocycles. The zero-order valence-corrected chi connectivity index (χ0v) is 13.7. The lowest BCUT2D eigenvalue weighted by atomic mass is 10.0. The van der Waals surface area contributed by atoms with E-state index in [-0.39, 0.29) is 17.9 Å². The van der Waals surface area contributed by atoms with Crippen LogP contribution in [0.5, 0.6) is 0 Å². The molecule has 6 heteroatoms. The van der Waals surface area contributed by atoms with Gasteiger partial charge in [-0.05, 0) is 26.3 Å². The molecule has 1 aliphatic heterocycles. The lowest BCUT2D eigenvalue weighted by Gasteiger charge is -2.37. The first-order chi connectivity index (χ1) is 10.1. The molecular weight excluding hydrogens is 268 g/mol. The maximum atomic E-state index is 12.2. The van der Waals surface area contributed by atoms with Gasteiger partial charge in [0.25, 0.3) is 0 Å². The first-order valence-corrected chi connectivity index (χ1v) is 8.08. The zero-order valence-electron chi connectivity index (χ0n) is 13.7. The predicted octanol–water partition coefficient (Wildman–Crippen LogP) is 0.967. The van der Waals surface area contributed by atoms with Crippen molar-refractivity contribution in [2.75, 3.05) is 45.8 Å². The summed E-state index contributed by atoms with van der Waals surface area (Å²) in [5.41, 5.74) is 5.66. The highest BCUT2D eigenvalue weighted by molar-refractivity contribution is 5.78. The fourth-order valence-electron chi connectivity index (χ4n) is 2.61. The Balaban J connectivity index is 2.44. The summed E-state index contributed by atoms with van der Waals surface area (Å²) < 4.78 is 0. The second-order valence-electron chi connectivity index (χ2n) is 5.54. The number of amides is 3. The lowest BCUT2D eigenvalue weighted by Crippen LogP contribution is -2.54. The van der Waals surface area contributed by atoms with E-state index in [0.717, 1.165) is 19.5 Å². The molecule has 6 nitrogen and oxygen atoms in total. The molecule has 0 bridgehead atoms. The highest BCUT2D eigenvalue weighted by atomic mass is 16.2. The Bertz CT molecular complexity index is 333. The maximum Gasteiger partial charge on any atom is 0.320 e. The summed E-state index contributed by atoms with van der Waals surface area (Å²) in [6.07, 6.45) is 1.46. The summed E-state index contributed by atoms with van der Waals surface area (Å²) in [7, 11) is 0. The first-order valence-electron chi connectivity index (χ1n) is 8.08. The Hall–Kier alpha value is -1.30. The normalized spacial score (nSPS) is 16.8. The highest BCUT2D eigenvalue weighted by Gasteiger charge is 2.26. The van der Waals surface area contributed by atoms with Gasteiger partial charge in [-0.15, -0.1) is 0 Å². The number of carbonyl (C=O) groups is 2. The van der Waals surface area contributed by atoms with E-state index < -0.39 is 0 Å². The van der Waals surface area contributed by atoms with Crippen LogP contribution >= 0.6 is 0 Å². The van der Waals surface area contributed by atoms with E-state index in [0.29, 0.717) is 39.1 Å². The molecule has 1 fully saturated rings. The van der Waals surface area contributed by atoms with Gasteiger partial charge in [-0.2, -0.15) is 0 Å². The second kappa shape index (κ2) is 8.87. The van der Waals surface area contributed by atoms with Gasteiger partial charge in [0, 0.05) is 45.7 Å². The van der Waals surface area contributed by atoms with Crippen molar-refractivity contribution in [3.63, 3.8) is 0 Å². The largest absolute Gasteiger partial charge is 0.339 e. The summed E-state index contributed by atoms with van der Waals surface area (Å²) in [5.74, 6) is 0.440. The molecular formula is C15H30N4O2. The van der Waals surface area contributed by atoms with Crippen molar-refractivity contribution < 1.29 is 9.59 Å². The number of piperazine rings is 1. The van der Waals surface area contributed by atoms with Gasteiger partial charge < -0.3 is 20.4 Å². The quantitative estimate of drug-likeness (QED) is 0.794. The summed E-state index contributed by atoms with van der Waals surface area (Å²) in [5, 5.41) is 0. The molecule has 3 amide bonds. The van der Waals surface area contributed by atoms with Crippen molar-refractivity contribution >= 4 is 11.9 Å². The van der Waals surface area contributed by atoms with Crippen LogP contribution < -0.4 is 5.73 Å². The van der Waals surface area contributed by atoms with Crippen LogP contribution in [-0.2, 0) is 4.79 Å². The molecule has 0 aromatic rings. The molecule has 0 aliphatic carbocycles. The number of urea groups is 1. The highest BCUT2D eigenvalue weighted by Crippen LogP contribution is 2.12. The second-order valence-corrected chi connectivity index (χ2v) is 5.54. The number of rotatable bonds is 6. The molecule has 1 unspecified atom stereocenters. The average Bonchev–Trinajstić information content (AvgIpc) is 2.53. The van der Waals surface area contributed by atoms with E-state index in [9.17, 15) is 9.59 Å². The number of nitrogens with zero attached hydrogens (tertiary/aromatic N) is 3. The third-order valence-electron chi connectivity index (χ3n) is 4.31. The number of nitrogens with two attached hydrogens (primary N) is 1. The smallest absolute Gasteiger partial charge is 0.320 e. The Morgan fingerprint density at radius 3 is 2.00 bits per heavy atom. The number of hydrogen-bond donors (Lipinski definition) is 1. The summed E-state index contributed by atoms with van der Waals surface area (Å²) in [6, 6.07) is 0.0838. The van der Waals surface area contributed by atoms with Crippen LogP contribution in [0.4, 0.5) is 4.79 Å². The fourth-order valence-corrected chi connectivity index (χ4v) is 2.61. The Labute approximate surface area is 128 Å². The van der Waals surface area contributed by atoms with Crippen molar-refractivity contribution in [3.05, 3.63) is 0 Å². The molecule has 21 heavy (non-hydrogen) atoms. The minimum Gasteiger partial charge on any atom is -0.339 e. The molecule has 122 valence electrons. The van der Waals surface area contributed by atoms with Gasteiger partial charge in [0.15, 0.2) is 0 Å². The Kier molecular flexibility index (Phi) is 7.50. The van der Waals surface area contributed by atoms with Gasteiger partial charge in [-0.1, -0.05) is 13.3 Å². The van der Waals surface area contributed by atoms with Crippen molar-refractivity contribution in [1.29, 1.82) is 0 Å². The van der Waals surface area contributed by atoms with Crippen LogP contribution in [-0.4, -0.2) is 72.5 Å². The fraction of sp³-hybridized carbons (Fsp3) is 0.867. The van der Waals surface area contributed by atoms with Crippen LogP contribution in [0.2, 0.25) is 0 Å². The van der Waals surface area contributed by atoms with Gasteiger partial charge in [-0.3, -0.25) is 4.79 Å². The lowest BCUT2D eigenvalue weighted by molar-refractivity contribution is -0.133. The molecule has 0 saturated carbocycles. The molecule has 2 N–H and O–H groups in total. The zero-order chi connectivity index (χ0) is 15.8. The SMILES string of the molecule is CCC(CN)CC(=O)N1CCN(C(=O)N(CC)CC)CC1. The van der Waals surface area contributed by atoms with E-state index in [4.69, 9.17) is 5.73 Å². The van der Waals surface area contributed by atoms with Crippen molar-refractivity contribution in [3.8, 4) is 0 Å². The minimum absolute atomic E-state index is 0.0838. The van der Waals surface area contributed by atoms with Crippen molar-refractivity contribution in [2.45, 2.75) is 33.6 Å². The maximum absolute atomic E-state index is 12.2. The molecule has 0 radical (unpaired) electrons. The number of carbonyl (C=O) groups excluding carboxylic acids is 2. The van der Waals surface area contributed by atoms with Crippen LogP contribution in [0.25, 0.3) is 0 Å². The third-order valence-corrected chi connectivity index (χ3v) is 4.31. The Morgan fingerprint density at radius 1 is 1.05 bits per heavy atom. The monoisotopic (exact) mass is 298 g/mol. The van der Waals surface area contributed by atoms with E-state index in [1.807, 2.05) is 28.5 Å². The van der Waals surface area contributed by atoms with E-state index >= 15 is 0 Å². The van der Waals surface area contributed by atoms with E-state index in [2.05, 4.69) is 6.92 Å². The molecule has 1 heterocycles. The molecule has 1 saturated heterocycles. The van der Waals surface area contributed by atoms with Crippen LogP contribution in [0.3, 0.4) is 0 Å². The van der Waals surface area contributed by atoms with Crippen LogP contribution in [0.15, 0.2) is 0 Å². The molecule has 1 rings (SSSR count). The van der Waals surface area contributed by atoms with E-state index in [1.165, 1.54) is 0 Å². The summed E-state index contributed by atoms with van der Waals surface area (Å²) in [6.45, 7) is 10.6. The van der Waals surface area contributed by atoms with Crippen LogP contribution in [0.1, 0.15) is 33.6 Å². The third kappa shape index (κ3) is 4.88. The average molecular weight is 298 g/mol. The first kappa shape index (κ1) is 17.8. The molecule has 0 aromatic carbocycles. The minimum atomic E-state index is 0.0838.